The first-order valence-corrected chi connectivity index (χ1v) is 7.95. The maximum atomic E-state index is 12.4. The quantitative estimate of drug-likeness (QED) is 0.852. The van der Waals surface area contributed by atoms with Gasteiger partial charge in [-0.15, -0.1) is 11.8 Å². The van der Waals surface area contributed by atoms with Gasteiger partial charge >= 0.3 is 5.97 Å². The minimum atomic E-state index is -0.902. The van der Waals surface area contributed by atoms with Gasteiger partial charge in [0.25, 0.3) is 0 Å². The van der Waals surface area contributed by atoms with E-state index in [1.54, 1.807) is 16.7 Å². The second-order valence-corrected chi connectivity index (χ2v) is 6.25. The fourth-order valence-electron chi connectivity index (χ4n) is 2.67. The van der Waals surface area contributed by atoms with Crippen molar-refractivity contribution >= 4 is 23.6 Å². The second-order valence-electron chi connectivity index (χ2n) is 5.04. The molecule has 0 radical (unpaired) electrons. The van der Waals surface area contributed by atoms with Crippen LogP contribution in [-0.4, -0.2) is 51.8 Å². The van der Waals surface area contributed by atoms with Crippen LogP contribution in [0, 0.1) is 0 Å². The third-order valence-electron chi connectivity index (χ3n) is 3.69. The summed E-state index contributed by atoms with van der Waals surface area (Å²) in [5, 5.41) is 9.21. The Morgan fingerprint density at radius 1 is 1.42 bits per heavy atom. The molecule has 0 spiro atoms. The van der Waals surface area contributed by atoms with Gasteiger partial charge in [-0.05, 0) is 25.7 Å². The number of hydrogen-bond donors (Lipinski definition) is 1. The molecule has 0 aromatic carbocycles. The molecule has 2 saturated heterocycles. The number of carboxylic acids is 1. The van der Waals surface area contributed by atoms with Crippen LogP contribution in [0.25, 0.3) is 0 Å². The Labute approximate surface area is 117 Å². The molecule has 2 fully saturated rings. The summed E-state index contributed by atoms with van der Waals surface area (Å²) in [6.45, 7) is 2.70. The van der Waals surface area contributed by atoms with E-state index in [0.29, 0.717) is 18.8 Å². The minimum absolute atomic E-state index is 0.00260. The topological polar surface area (TPSA) is 66.8 Å². The lowest BCUT2D eigenvalue weighted by atomic mass is 10.1. The molecular formula is C13H21NO4S. The third kappa shape index (κ3) is 3.42. The minimum Gasteiger partial charge on any atom is -0.480 e. The van der Waals surface area contributed by atoms with Crippen LogP contribution in [0.15, 0.2) is 0 Å². The zero-order chi connectivity index (χ0) is 13.8. The number of nitrogens with zero attached hydrogens (tertiary/aromatic N) is 1. The van der Waals surface area contributed by atoms with E-state index in [9.17, 15) is 14.7 Å². The number of carbonyl (C=O) groups excluding carboxylic acids is 1. The van der Waals surface area contributed by atoms with Gasteiger partial charge in [-0.25, -0.2) is 4.79 Å². The van der Waals surface area contributed by atoms with E-state index in [1.807, 2.05) is 6.92 Å². The Kier molecular flexibility index (Phi) is 5.10. The number of rotatable bonds is 4. The normalized spacial score (nSPS) is 31.4. The van der Waals surface area contributed by atoms with Crippen molar-refractivity contribution in [3.05, 3.63) is 0 Å². The maximum Gasteiger partial charge on any atom is 0.327 e. The van der Waals surface area contributed by atoms with E-state index in [2.05, 4.69) is 0 Å². The van der Waals surface area contributed by atoms with Gasteiger partial charge in [0.1, 0.15) is 6.04 Å². The van der Waals surface area contributed by atoms with Crippen molar-refractivity contribution in [1.82, 2.24) is 4.90 Å². The van der Waals surface area contributed by atoms with Gasteiger partial charge in [0.15, 0.2) is 0 Å². The van der Waals surface area contributed by atoms with Crippen LogP contribution in [0.4, 0.5) is 0 Å². The molecule has 108 valence electrons. The lowest BCUT2D eigenvalue weighted by Gasteiger charge is -2.29. The van der Waals surface area contributed by atoms with Gasteiger partial charge in [0, 0.05) is 12.4 Å². The van der Waals surface area contributed by atoms with Crippen molar-refractivity contribution in [1.29, 1.82) is 0 Å². The van der Waals surface area contributed by atoms with Gasteiger partial charge in [-0.3, -0.25) is 4.79 Å². The van der Waals surface area contributed by atoms with Crippen molar-refractivity contribution in [2.24, 2.45) is 0 Å². The predicted molar refractivity (Wildman–Crippen MR) is 73.0 cm³/mol. The highest BCUT2D eigenvalue weighted by Gasteiger charge is 2.41. The summed E-state index contributed by atoms with van der Waals surface area (Å²) in [5.41, 5.74) is 0. The summed E-state index contributed by atoms with van der Waals surface area (Å²) in [4.78, 5) is 25.2. The van der Waals surface area contributed by atoms with Gasteiger partial charge < -0.3 is 14.7 Å². The highest BCUT2D eigenvalue weighted by molar-refractivity contribution is 8.00. The number of carbonyl (C=O) groups is 2. The Morgan fingerprint density at radius 2 is 2.21 bits per heavy atom. The number of amides is 1. The molecule has 0 aromatic heterocycles. The molecule has 3 unspecified atom stereocenters. The molecule has 0 aromatic rings. The Hall–Kier alpha value is -0.750. The number of thioether (sulfide) groups is 1. The van der Waals surface area contributed by atoms with Crippen LogP contribution >= 0.6 is 11.8 Å². The third-order valence-corrected chi connectivity index (χ3v) is 5.14. The second kappa shape index (κ2) is 6.61. The van der Waals surface area contributed by atoms with E-state index in [4.69, 9.17) is 4.74 Å². The Bertz CT molecular complexity index is 344. The molecule has 0 saturated carbocycles. The van der Waals surface area contributed by atoms with Crippen LogP contribution in [0.1, 0.15) is 39.0 Å². The summed E-state index contributed by atoms with van der Waals surface area (Å²) in [6, 6.07) is -0.675. The van der Waals surface area contributed by atoms with Crippen molar-refractivity contribution < 1.29 is 19.4 Å². The Balaban J connectivity index is 1.99. The SMILES string of the molecule is CCC1SCC(C(=O)O)N1C(=O)CC1CCCCO1. The lowest BCUT2D eigenvalue weighted by molar-refractivity contribution is -0.150. The van der Waals surface area contributed by atoms with Crippen molar-refractivity contribution in [3.8, 4) is 0 Å². The van der Waals surface area contributed by atoms with Crippen LogP contribution in [0.3, 0.4) is 0 Å². The molecule has 2 rings (SSSR count). The summed E-state index contributed by atoms with van der Waals surface area (Å²) >= 11 is 1.56. The monoisotopic (exact) mass is 287 g/mol. The fraction of sp³-hybridized carbons (Fsp3) is 0.846. The Morgan fingerprint density at radius 3 is 2.79 bits per heavy atom. The number of carboxylic acid groups (broad SMARTS) is 1. The summed E-state index contributed by atoms with van der Waals surface area (Å²) in [7, 11) is 0. The average molecular weight is 287 g/mol. The summed E-state index contributed by atoms with van der Waals surface area (Å²) in [5.74, 6) is -0.483. The first kappa shape index (κ1) is 14.7. The predicted octanol–water partition coefficient (Wildman–Crippen LogP) is 1.71. The molecule has 3 atom stereocenters. The first-order chi connectivity index (χ1) is 9.13. The molecule has 2 aliphatic rings. The number of ether oxygens (including phenoxy) is 1. The largest absolute Gasteiger partial charge is 0.480 e. The number of aliphatic carboxylic acids is 1. The molecule has 0 bridgehead atoms. The molecular weight excluding hydrogens is 266 g/mol. The molecule has 19 heavy (non-hydrogen) atoms. The van der Waals surface area contributed by atoms with Crippen molar-refractivity contribution in [2.75, 3.05) is 12.4 Å². The van der Waals surface area contributed by atoms with E-state index in [0.717, 1.165) is 25.7 Å². The zero-order valence-corrected chi connectivity index (χ0v) is 12.0. The molecule has 1 N–H and O–H groups in total. The van der Waals surface area contributed by atoms with E-state index >= 15 is 0 Å². The molecule has 2 aliphatic heterocycles. The molecule has 0 aliphatic carbocycles. The van der Waals surface area contributed by atoms with Gasteiger partial charge in [-0.1, -0.05) is 6.92 Å². The van der Waals surface area contributed by atoms with Gasteiger partial charge in [0.2, 0.25) is 5.91 Å². The zero-order valence-electron chi connectivity index (χ0n) is 11.2. The first-order valence-electron chi connectivity index (χ1n) is 6.90. The van der Waals surface area contributed by atoms with Crippen LogP contribution in [0.2, 0.25) is 0 Å². The highest BCUT2D eigenvalue weighted by atomic mass is 32.2. The summed E-state index contributed by atoms with van der Waals surface area (Å²) in [6.07, 6.45) is 4.12. The lowest BCUT2D eigenvalue weighted by Crippen LogP contribution is -2.46. The fourth-order valence-corrected chi connectivity index (χ4v) is 4.04. The molecule has 1 amide bonds. The van der Waals surface area contributed by atoms with E-state index in [1.165, 1.54) is 0 Å². The molecule has 5 nitrogen and oxygen atoms in total. The number of hydrogen-bond acceptors (Lipinski definition) is 4. The van der Waals surface area contributed by atoms with Crippen LogP contribution < -0.4 is 0 Å². The van der Waals surface area contributed by atoms with Crippen molar-refractivity contribution in [2.45, 2.75) is 56.5 Å². The van der Waals surface area contributed by atoms with Gasteiger partial charge in [0.05, 0.1) is 17.9 Å². The van der Waals surface area contributed by atoms with E-state index < -0.39 is 12.0 Å². The van der Waals surface area contributed by atoms with Crippen LogP contribution in [0.5, 0.6) is 0 Å². The average Bonchev–Trinajstić information content (AvgIpc) is 2.83. The molecule has 6 heteroatoms. The van der Waals surface area contributed by atoms with Crippen LogP contribution in [-0.2, 0) is 14.3 Å². The molecule has 2 heterocycles. The van der Waals surface area contributed by atoms with E-state index in [-0.39, 0.29) is 17.4 Å². The smallest absolute Gasteiger partial charge is 0.327 e. The summed E-state index contributed by atoms with van der Waals surface area (Å²) < 4.78 is 5.57. The van der Waals surface area contributed by atoms with Gasteiger partial charge in [-0.2, -0.15) is 0 Å². The van der Waals surface area contributed by atoms with Crippen molar-refractivity contribution in [3.63, 3.8) is 0 Å². The maximum absolute atomic E-state index is 12.4. The standard InChI is InChI=1S/C13H21NO4S/c1-2-12-14(10(8-19-12)13(16)17)11(15)7-9-5-3-4-6-18-9/h9-10,12H,2-8H2,1H3,(H,16,17). The highest BCUT2D eigenvalue weighted by Crippen LogP contribution is 2.32.